The van der Waals surface area contributed by atoms with Gasteiger partial charge in [-0.1, -0.05) is 24.3 Å². The number of ether oxygens (including phenoxy) is 1. The van der Waals surface area contributed by atoms with Crippen molar-refractivity contribution in [3.05, 3.63) is 65.5 Å². The van der Waals surface area contributed by atoms with Gasteiger partial charge in [0.05, 0.1) is 24.3 Å². The van der Waals surface area contributed by atoms with Crippen molar-refractivity contribution in [2.24, 2.45) is 0 Å². The van der Waals surface area contributed by atoms with E-state index < -0.39 is 33.2 Å². The highest BCUT2D eigenvalue weighted by Crippen LogP contribution is 2.49. The highest BCUT2D eigenvalue weighted by atomic mass is 32.2. The number of amides is 1. The number of hydrogen-bond donors (Lipinski definition) is 2. The van der Waals surface area contributed by atoms with Crippen LogP contribution in [-0.4, -0.2) is 33.2 Å². The van der Waals surface area contributed by atoms with E-state index >= 15 is 0 Å². The van der Waals surface area contributed by atoms with Crippen LogP contribution >= 0.6 is 0 Å². The molecule has 2 aromatic rings. The number of sulfonamides is 1. The minimum atomic E-state index is -3.60. The molecule has 0 heterocycles. The van der Waals surface area contributed by atoms with Gasteiger partial charge in [-0.15, -0.1) is 0 Å². The van der Waals surface area contributed by atoms with Gasteiger partial charge in [-0.3, -0.25) is 9.59 Å². The van der Waals surface area contributed by atoms with Crippen LogP contribution < -0.4 is 10.0 Å². The van der Waals surface area contributed by atoms with Gasteiger partial charge in [0.25, 0.3) is 0 Å². The monoisotopic (exact) mass is 448 g/mol. The maximum absolute atomic E-state index is 13.2. The molecule has 1 fully saturated rings. The van der Waals surface area contributed by atoms with Crippen LogP contribution in [0.5, 0.6) is 0 Å². The number of carbonyl (C=O) groups is 2. The SMILES string of the molecule is CCOC(=O)C1(c2ccc(NC(=O)C[C@H](NS(C)(=O)=O)c3ccc(F)cc3)cc2)CC1. The molecule has 2 aromatic carbocycles. The Bertz CT molecular complexity index is 1050. The second kappa shape index (κ2) is 9.15. The quantitative estimate of drug-likeness (QED) is 0.574. The van der Waals surface area contributed by atoms with Crippen molar-refractivity contribution in [2.45, 2.75) is 37.6 Å². The van der Waals surface area contributed by atoms with Gasteiger partial charge in [-0.05, 0) is 55.2 Å². The zero-order valence-corrected chi connectivity index (χ0v) is 18.2. The topological polar surface area (TPSA) is 102 Å². The molecular formula is C22H25FN2O5S. The van der Waals surface area contributed by atoms with Crippen molar-refractivity contribution in [1.29, 1.82) is 0 Å². The van der Waals surface area contributed by atoms with E-state index in [1.54, 1.807) is 31.2 Å². The summed E-state index contributed by atoms with van der Waals surface area (Å²) in [6.07, 6.45) is 2.28. The minimum absolute atomic E-state index is 0.173. The van der Waals surface area contributed by atoms with Gasteiger partial charge in [0.15, 0.2) is 0 Å². The molecule has 0 aliphatic heterocycles. The van der Waals surface area contributed by atoms with E-state index in [4.69, 9.17) is 4.74 Å². The van der Waals surface area contributed by atoms with Crippen LogP contribution in [0.1, 0.15) is 43.4 Å². The zero-order valence-electron chi connectivity index (χ0n) is 17.4. The molecule has 9 heteroatoms. The Morgan fingerprint density at radius 3 is 2.23 bits per heavy atom. The second-order valence-electron chi connectivity index (χ2n) is 7.63. The first kappa shape index (κ1) is 22.9. The lowest BCUT2D eigenvalue weighted by molar-refractivity contribution is -0.146. The van der Waals surface area contributed by atoms with Gasteiger partial charge >= 0.3 is 5.97 Å². The Morgan fingerprint density at radius 2 is 1.71 bits per heavy atom. The standard InChI is InChI=1S/C22H25FN2O5S/c1-3-30-21(27)22(12-13-22)16-6-10-18(11-7-16)24-20(26)14-19(25-31(2,28)29)15-4-8-17(23)9-5-15/h4-11,19,25H,3,12-14H2,1-2H3,(H,24,26)/t19-/m0/s1. The first-order chi connectivity index (χ1) is 14.6. The molecule has 1 aliphatic rings. The molecule has 0 unspecified atom stereocenters. The molecule has 3 rings (SSSR count). The number of rotatable bonds is 9. The third-order valence-electron chi connectivity index (χ3n) is 5.16. The number of halogens is 1. The Hall–Kier alpha value is -2.78. The molecule has 1 aliphatic carbocycles. The van der Waals surface area contributed by atoms with Crippen LogP contribution in [0, 0.1) is 5.82 Å². The van der Waals surface area contributed by atoms with Crippen molar-refractivity contribution >= 4 is 27.6 Å². The van der Waals surface area contributed by atoms with Crippen molar-refractivity contribution in [2.75, 3.05) is 18.2 Å². The fourth-order valence-electron chi connectivity index (χ4n) is 3.46. The molecular weight excluding hydrogens is 423 g/mol. The second-order valence-corrected chi connectivity index (χ2v) is 9.41. The van der Waals surface area contributed by atoms with Crippen molar-refractivity contribution in [3.8, 4) is 0 Å². The van der Waals surface area contributed by atoms with Crippen molar-refractivity contribution in [1.82, 2.24) is 4.72 Å². The van der Waals surface area contributed by atoms with Gasteiger partial charge < -0.3 is 10.1 Å². The fraction of sp³-hybridized carbons (Fsp3) is 0.364. The summed E-state index contributed by atoms with van der Waals surface area (Å²) in [5.41, 5.74) is 1.24. The van der Waals surface area contributed by atoms with Crippen molar-refractivity contribution in [3.63, 3.8) is 0 Å². The van der Waals surface area contributed by atoms with Crippen LogP contribution in [0.15, 0.2) is 48.5 Å². The molecule has 166 valence electrons. The van der Waals surface area contributed by atoms with Gasteiger partial charge in [-0.25, -0.2) is 17.5 Å². The van der Waals surface area contributed by atoms with E-state index in [-0.39, 0.29) is 12.4 Å². The third kappa shape index (κ3) is 5.89. The molecule has 1 atom stereocenters. The van der Waals surface area contributed by atoms with E-state index in [2.05, 4.69) is 10.0 Å². The number of benzene rings is 2. The molecule has 0 spiro atoms. The Kier molecular flexibility index (Phi) is 6.76. The molecule has 0 saturated heterocycles. The smallest absolute Gasteiger partial charge is 0.316 e. The summed E-state index contributed by atoms with van der Waals surface area (Å²) in [5, 5.41) is 2.73. The average molecular weight is 449 g/mol. The van der Waals surface area contributed by atoms with Crippen LogP contribution in [0.3, 0.4) is 0 Å². The fourth-order valence-corrected chi connectivity index (χ4v) is 4.19. The van der Waals surface area contributed by atoms with Crippen LogP contribution in [0.4, 0.5) is 10.1 Å². The molecule has 0 bridgehead atoms. The average Bonchev–Trinajstić information content (AvgIpc) is 3.50. The zero-order chi connectivity index (χ0) is 22.6. The molecule has 2 N–H and O–H groups in total. The van der Waals surface area contributed by atoms with Gasteiger partial charge in [0.2, 0.25) is 15.9 Å². The van der Waals surface area contributed by atoms with Crippen LogP contribution in [0.2, 0.25) is 0 Å². The predicted octanol–water partition coefficient (Wildman–Crippen LogP) is 3.04. The van der Waals surface area contributed by atoms with E-state index in [1.165, 1.54) is 24.3 Å². The number of nitrogens with one attached hydrogen (secondary N) is 2. The number of carbonyl (C=O) groups excluding carboxylic acids is 2. The molecule has 7 nitrogen and oxygen atoms in total. The minimum Gasteiger partial charge on any atom is -0.465 e. The summed E-state index contributed by atoms with van der Waals surface area (Å²) < 4.78 is 44.2. The molecule has 31 heavy (non-hydrogen) atoms. The molecule has 0 aromatic heterocycles. The summed E-state index contributed by atoms with van der Waals surface area (Å²) in [4.78, 5) is 24.8. The number of anilines is 1. The van der Waals surface area contributed by atoms with Gasteiger partial charge in [0.1, 0.15) is 5.82 Å². The van der Waals surface area contributed by atoms with E-state index in [0.717, 1.165) is 24.7 Å². The largest absolute Gasteiger partial charge is 0.465 e. The van der Waals surface area contributed by atoms with Crippen LogP contribution in [0.25, 0.3) is 0 Å². The normalized spacial score (nSPS) is 15.7. The Morgan fingerprint density at radius 1 is 1.10 bits per heavy atom. The number of hydrogen-bond acceptors (Lipinski definition) is 5. The van der Waals surface area contributed by atoms with E-state index in [0.29, 0.717) is 17.9 Å². The van der Waals surface area contributed by atoms with E-state index in [1.807, 2.05) is 0 Å². The number of esters is 1. The first-order valence-corrected chi connectivity index (χ1v) is 11.8. The van der Waals surface area contributed by atoms with Crippen molar-refractivity contribution < 1.29 is 27.1 Å². The summed E-state index contributed by atoms with van der Waals surface area (Å²) >= 11 is 0. The first-order valence-electron chi connectivity index (χ1n) is 9.93. The lowest BCUT2D eigenvalue weighted by Gasteiger charge is -2.18. The third-order valence-corrected chi connectivity index (χ3v) is 5.87. The van der Waals surface area contributed by atoms with Crippen LogP contribution in [-0.2, 0) is 29.8 Å². The molecule has 1 saturated carbocycles. The maximum atomic E-state index is 13.2. The summed E-state index contributed by atoms with van der Waals surface area (Å²) in [5.74, 6) is -1.10. The lowest BCUT2D eigenvalue weighted by Crippen LogP contribution is -2.30. The molecule has 0 radical (unpaired) electrons. The van der Waals surface area contributed by atoms with Gasteiger partial charge in [0, 0.05) is 12.1 Å². The Balaban J connectivity index is 1.68. The summed E-state index contributed by atoms with van der Waals surface area (Å²) in [7, 11) is -3.60. The molecule has 1 amide bonds. The summed E-state index contributed by atoms with van der Waals surface area (Å²) in [6, 6.07) is 11.4. The lowest BCUT2D eigenvalue weighted by atomic mass is 9.96. The predicted molar refractivity (Wildman–Crippen MR) is 114 cm³/mol. The maximum Gasteiger partial charge on any atom is 0.316 e. The highest BCUT2D eigenvalue weighted by Gasteiger charge is 2.52. The Labute approximate surface area is 181 Å². The highest BCUT2D eigenvalue weighted by molar-refractivity contribution is 7.88. The summed E-state index contributed by atoms with van der Waals surface area (Å²) in [6.45, 7) is 2.09. The van der Waals surface area contributed by atoms with Gasteiger partial charge in [-0.2, -0.15) is 0 Å². The van der Waals surface area contributed by atoms with E-state index in [9.17, 15) is 22.4 Å².